The summed E-state index contributed by atoms with van der Waals surface area (Å²) >= 11 is 0. The van der Waals surface area contributed by atoms with Gasteiger partial charge >= 0.3 is 0 Å². The molecular weight excluding hydrogens is 392 g/mol. The number of hydrogen-bond acceptors (Lipinski definition) is 5. The lowest BCUT2D eigenvalue weighted by molar-refractivity contribution is -0.134. The van der Waals surface area contributed by atoms with Crippen LogP contribution in [0.25, 0.3) is 0 Å². The Hall–Kier alpha value is -3.28. The van der Waals surface area contributed by atoms with Gasteiger partial charge in [0.25, 0.3) is 5.91 Å². The van der Waals surface area contributed by atoms with Crippen molar-refractivity contribution in [2.24, 2.45) is 0 Å². The van der Waals surface area contributed by atoms with Gasteiger partial charge in [-0.25, -0.2) is 4.98 Å². The number of ether oxygens (including phenoxy) is 2. The number of likely N-dealkylation sites (tertiary alicyclic amines) is 1. The summed E-state index contributed by atoms with van der Waals surface area (Å²) in [5.74, 6) is 2.84. The minimum absolute atomic E-state index is 0.0169. The van der Waals surface area contributed by atoms with Gasteiger partial charge in [0.15, 0.2) is 24.0 Å². The van der Waals surface area contributed by atoms with Gasteiger partial charge in [-0.05, 0) is 43.0 Å². The van der Waals surface area contributed by atoms with Gasteiger partial charge in [0.1, 0.15) is 5.76 Å². The number of amides is 1. The number of carbonyl (C=O) groups excluding carboxylic acids is 1. The highest BCUT2D eigenvalue weighted by Gasteiger charge is 2.28. The van der Waals surface area contributed by atoms with Crippen LogP contribution in [-0.4, -0.2) is 42.6 Å². The van der Waals surface area contributed by atoms with E-state index in [1.807, 2.05) is 48.2 Å². The molecule has 0 bridgehead atoms. The Morgan fingerprint density at radius 1 is 1.19 bits per heavy atom. The minimum atomic E-state index is -0.0385. The van der Waals surface area contributed by atoms with E-state index in [-0.39, 0.29) is 18.4 Å². The van der Waals surface area contributed by atoms with Crippen LogP contribution in [0.4, 0.5) is 0 Å². The molecule has 3 aromatic rings. The molecule has 0 saturated carbocycles. The first kappa shape index (κ1) is 21.0. The Labute approximate surface area is 182 Å². The molecule has 4 rings (SSSR count). The SMILES string of the molecule is COc1cc(C)ccc1OCC(=O)N1CCC[C@H](c2ncc(Cc3ccccc3)o2)C1. The number of rotatable bonds is 7. The van der Waals surface area contributed by atoms with E-state index in [4.69, 9.17) is 13.9 Å². The maximum atomic E-state index is 12.8. The number of oxazole rings is 1. The Morgan fingerprint density at radius 3 is 2.84 bits per heavy atom. The van der Waals surface area contributed by atoms with Gasteiger partial charge in [0, 0.05) is 19.5 Å². The zero-order valence-corrected chi connectivity index (χ0v) is 18.0. The van der Waals surface area contributed by atoms with Gasteiger partial charge < -0.3 is 18.8 Å². The molecule has 0 N–H and O–H groups in total. The summed E-state index contributed by atoms with van der Waals surface area (Å²) in [6, 6.07) is 15.9. The van der Waals surface area contributed by atoms with E-state index in [0.29, 0.717) is 23.9 Å². The van der Waals surface area contributed by atoms with Crippen LogP contribution < -0.4 is 9.47 Å². The molecule has 31 heavy (non-hydrogen) atoms. The van der Waals surface area contributed by atoms with Gasteiger partial charge in [0.2, 0.25) is 0 Å². The summed E-state index contributed by atoms with van der Waals surface area (Å²) in [5.41, 5.74) is 2.27. The Balaban J connectivity index is 1.34. The summed E-state index contributed by atoms with van der Waals surface area (Å²) in [7, 11) is 1.60. The van der Waals surface area contributed by atoms with Gasteiger partial charge in [-0.3, -0.25) is 4.79 Å². The number of aryl methyl sites for hydroxylation is 1. The van der Waals surface area contributed by atoms with Crippen molar-refractivity contribution in [2.75, 3.05) is 26.8 Å². The van der Waals surface area contributed by atoms with E-state index in [1.54, 1.807) is 13.3 Å². The second-order valence-corrected chi connectivity index (χ2v) is 7.95. The van der Waals surface area contributed by atoms with Gasteiger partial charge in [0.05, 0.1) is 19.2 Å². The Bertz CT molecular complexity index is 1020. The maximum absolute atomic E-state index is 12.8. The van der Waals surface area contributed by atoms with Crippen LogP contribution in [0.1, 0.15) is 41.5 Å². The number of carbonyl (C=O) groups is 1. The number of hydrogen-bond donors (Lipinski definition) is 0. The van der Waals surface area contributed by atoms with E-state index in [9.17, 15) is 4.79 Å². The van der Waals surface area contributed by atoms with Crippen molar-refractivity contribution >= 4 is 5.91 Å². The molecule has 1 aliphatic heterocycles. The van der Waals surface area contributed by atoms with Crippen molar-refractivity contribution in [2.45, 2.75) is 32.1 Å². The van der Waals surface area contributed by atoms with E-state index in [2.05, 4.69) is 17.1 Å². The fraction of sp³-hybridized carbons (Fsp3) is 0.360. The van der Waals surface area contributed by atoms with Crippen molar-refractivity contribution in [3.05, 3.63) is 77.5 Å². The predicted molar refractivity (Wildman–Crippen MR) is 118 cm³/mol. The number of methoxy groups -OCH3 is 1. The molecule has 1 saturated heterocycles. The monoisotopic (exact) mass is 420 g/mol. The lowest BCUT2D eigenvalue weighted by Gasteiger charge is -2.31. The summed E-state index contributed by atoms with van der Waals surface area (Å²) in [6.07, 6.45) is 4.40. The smallest absolute Gasteiger partial charge is 0.260 e. The standard InChI is InChI=1S/C25H28N2O4/c1-18-10-11-22(23(13-18)29-2)30-17-24(28)27-12-6-9-20(16-27)25-26-15-21(31-25)14-19-7-4-3-5-8-19/h3-5,7-8,10-11,13,15,20H,6,9,12,14,16-17H2,1-2H3/t20-/m0/s1. The average molecular weight is 421 g/mol. The number of piperidine rings is 1. The molecule has 2 aromatic carbocycles. The molecule has 1 aromatic heterocycles. The average Bonchev–Trinajstić information content (AvgIpc) is 3.27. The molecule has 0 radical (unpaired) electrons. The third-order valence-electron chi connectivity index (χ3n) is 5.59. The third kappa shape index (κ3) is 5.26. The van der Waals surface area contributed by atoms with E-state index in [1.165, 1.54) is 5.56 Å². The summed E-state index contributed by atoms with van der Waals surface area (Å²) in [6.45, 7) is 3.29. The molecule has 1 aliphatic rings. The highest BCUT2D eigenvalue weighted by atomic mass is 16.5. The van der Waals surface area contributed by atoms with Crippen molar-refractivity contribution in [1.82, 2.24) is 9.88 Å². The van der Waals surface area contributed by atoms with Crippen molar-refractivity contribution in [3.63, 3.8) is 0 Å². The molecule has 6 heteroatoms. The van der Waals surface area contributed by atoms with Crippen LogP contribution in [0.15, 0.2) is 59.1 Å². The van der Waals surface area contributed by atoms with Crippen LogP contribution in [0.5, 0.6) is 11.5 Å². The third-order valence-corrected chi connectivity index (χ3v) is 5.59. The Morgan fingerprint density at radius 2 is 2.03 bits per heavy atom. The Kier molecular flexibility index (Phi) is 6.55. The van der Waals surface area contributed by atoms with E-state index in [0.717, 1.165) is 37.1 Å². The first-order chi connectivity index (χ1) is 15.1. The van der Waals surface area contributed by atoms with Gasteiger partial charge in [-0.2, -0.15) is 0 Å². The first-order valence-corrected chi connectivity index (χ1v) is 10.7. The second kappa shape index (κ2) is 9.69. The molecule has 0 unspecified atom stereocenters. The zero-order valence-electron chi connectivity index (χ0n) is 18.0. The van der Waals surface area contributed by atoms with Crippen molar-refractivity contribution in [3.8, 4) is 11.5 Å². The molecule has 1 amide bonds. The van der Waals surface area contributed by atoms with Crippen LogP contribution >= 0.6 is 0 Å². The minimum Gasteiger partial charge on any atom is -0.493 e. The normalized spacial score (nSPS) is 16.2. The summed E-state index contributed by atoms with van der Waals surface area (Å²) in [4.78, 5) is 19.1. The van der Waals surface area contributed by atoms with E-state index < -0.39 is 0 Å². The predicted octanol–water partition coefficient (Wildman–Crippen LogP) is 4.37. The topological polar surface area (TPSA) is 64.8 Å². The molecule has 0 spiro atoms. The number of nitrogens with zero attached hydrogens (tertiary/aromatic N) is 2. The quantitative estimate of drug-likeness (QED) is 0.568. The van der Waals surface area contributed by atoms with Crippen LogP contribution in [0.2, 0.25) is 0 Å². The van der Waals surface area contributed by atoms with Crippen LogP contribution in [0.3, 0.4) is 0 Å². The number of aromatic nitrogens is 1. The molecular formula is C25H28N2O4. The summed E-state index contributed by atoms with van der Waals surface area (Å²) in [5, 5.41) is 0. The van der Waals surface area contributed by atoms with Crippen molar-refractivity contribution in [1.29, 1.82) is 0 Å². The molecule has 6 nitrogen and oxygen atoms in total. The number of benzene rings is 2. The highest BCUT2D eigenvalue weighted by molar-refractivity contribution is 5.78. The van der Waals surface area contributed by atoms with E-state index >= 15 is 0 Å². The molecule has 2 heterocycles. The zero-order chi connectivity index (χ0) is 21.6. The van der Waals surface area contributed by atoms with Gasteiger partial charge in [-0.1, -0.05) is 36.4 Å². The summed E-state index contributed by atoms with van der Waals surface area (Å²) < 4.78 is 17.1. The van der Waals surface area contributed by atoms with Crippen LogP contribution in [-0.2, 0) is 11.2 Å². The molecule has 162 valence electrons. The molecule has 1 fully saturated rings. The van der Waals surface area contributed by atoms with Gasteiger partial charge in [-0.15, -0.1) is 0 Å². The largest absolute Gasteiger partial charge is 0.493 e. The highest BCUT2D eigenvalue weighted by Crippen LogP contribution is 2.29. The fourth-order valence-corrected chi connectivity index (χ4v) is 3.92. The molecule has 1 atom stereocenters. The lowest BCUT2D eigenvalue weighted by atomic mass is 9.98. The second-order valence-electron chi connectivity index (χ2n) is 7.95. The first-order valence-electron chi connectivity index (χ1n) is 10.7. The molecule has 0 aliphatic carbocycles. The van der Waals surface area contributed by atoms with Crippen LogP contribution in [0, 0.1) is 6.92 Å². The fourth-order valence-electron chi connectivity index (χ4n) is 3.92. The maximum Gasteiger partial charge on any atom is 0.260 e. The lowest BCUT2D eigenvalue weighted by Crippen LogP contribution is -2.41. The van der Waals surface area contributed by atoms with Crippen molar-refractivity contribution < 1.29 is 18.7 Å².